The van der Waals surface area contributed by atoms with Crippen LogP contribution in [0.15, 0.2) is 24.4 Å². The van der Waals surface area contributed by atoms with Gasteiger partial charge in [-0.15, -0.1) is 0 Å². The Morgan fingerprint density at radius 3 is 3.18 bits per heavy atom. The molecule has 22 heavy (non-hydrogen) atoms. The van der Waals surface area contributed by atoms with Gasteiger partial charge in [0.2, 0.25) is 5.91 Å². The first-order valence-corrected chi connectivity index (χ1v) is 8.09. The molecule has 1 aromatic carbocycles. The number of morpholine rings is 1. The van der Waals surface area contributed by atoms with E-state index in [1.54, 1.807) is 6.20 Å². The maximum absolute atomic E-state index is 12.7. The van der Waals surface area contributed by atoms with Gasteiger partial charge in [0, 0.05) is 11.9 Å². The summed E-state index contributed by atoms with van der Waals surface area (Å²) < 4.78 is 5.58. The number of ether oxygens (including phenoxy) is 1. The van der Waals surface area contributed by atoms with Crippen molar-refractivity contribution in [3.63, 3.8) is 0 Å². The first-order chi connectivity index (χ1) is 10.8. The van der Waals surface area contributed by atoms with Gasteiger partial charge in [0.15, 0.2) is 0 Å². The van der Waals surface area contributed by atoms with Crippen molar-refractivity contribution in [1.82, 2.24) is 15.1 Å². The average Bonchev–Trinajstić information content (AvgIpc) is 3.22. The van der Waals surface area contributed by atoms with Crippen LogP contribution in [0.5, 0.6) is 0 Å². The lowest BCUT2D eigenvalue weighted by molar-refractivity contribution is -0.139. The van der Waals surface area contributed by atoms with Crippen LogP contribution in [-0.4, -0.2) is 46.8 Å². The van der Waals surface area contributed by atoms with Crippen LogP contribution in [0, 0.1) is 5.92 Å². The summed E-state index contributed by atoms with van der Waals surface area (Å²) in [4.78, 5) is 14.7. The molecule has 5 nitrogen and oxygen atoms in total. The van der Waals surface area contributed by atoms with E-state index >= 15 is 0 Å². The second-order valence-electron chi connectivity index (χ2n) is 6.46. The highest BCUT2D eigenvalue weighted by molar-refractivity contribution is 5.83. The molecule has 1 N–H and O–H groups in total. The molecule has 4 rings (SSSR count). The third kappa shape index (κ3) is 2.86. The number of aromatic amines is 1. The molecule has 0 radical (unpaired) electrons. The molecule has 0 spiro atoms. The van der Waals surface area contributed by atoms with E-state index in [0.29, 0.717) is 19.6 Å². The maximum atomic E-state index is 12.7. The quantitative estimate of drug-likeness (QED) is 0.941. The van der Waals surface area contributed by atoms with E-state index in [1.807, 2.05) is 23.1 Å². The zero-order valence-corrected chi connectivity index (χ0v) is 12.6. The van der Waals surface area contributed by atoms with Crippen LogP contribution in [0.4, 0.5) is 0 Å². The van der Waals surface area contributed by atoms with Crippen LogP contribution < -0.4 is 0 Å². The predicted molar refractivity (Wildman–Crippen MR) is 83.5 cm³/mol. The van der Waals surface area contributed by atoms with Crippen LogP contribution in [0.25, 0.3) is 10.9 Å². The number of carbonyl (C=O) groups is 1. The number of H-pyrrole nitrogens is 1. The van der Waals surface area contributed by atoms with Crippen LogP contribution in [0.2, 0.25) is 0 Å². The number of benzene rings is 1. The highest BCUT2D eigenvalue weighted by Crippen LogP contribution is 2.35. The van der Waals surface area contributed by atoms with Crippen LogP contribution >= 0.6 is 0 Å². The number of nitrogens with one attached hydrogen (secondary N) is 1. The third-order valence-corrected chi connectivity index (χ3v) is 4.71. The summed E-state index contributed by atoms with van der Waals surface area (Å²) in [5.74, 6) is 1.02. The van der Waals surface area contributed by atoms with Gasteiger partial charge in [0.1, 0.15) is 0 Å². The minimum atomic E-state index is 0.216. The van der Waals surface area contributed by atoms with E-state index in [2.05, 4.69) is 10.2 Å². The number of amides is 1. The second kappa shape index (κ2) is 5.72. The Balaban J connectivity index is 1.46. The molecular weight excluding hydrogens is 278 g/mol. The topological polar surface area (TPSA) is 58.2 Å². The fraction of sp³-hybridized carbons (Fsp3) is 0.529. The molecule has 1 saturated heterocycles. The van der Waals surface area contributed by atoms with Gasteiger partial charge in [0.25, 0.3) is 0 Å². The Hall–Kier alpha value is -1.88. The van der Waals surface area contributed by atoms with Crippen molar-refractivity contribution < 1.29 is 9.53 Å². The van der Waals surface area contributed by atoms with Gasteiger partial charge in [-0.1, -0.05) is 25.0 Å². The fourth-order valence-electron chi connectivity index (χ4n) is 3.29. The van der Waals surface area contributed by atoms with E-state index in [9.17, 15) is 4.79 Å². The van der Waals surface area contributed by atoms with Crippen molar-refractivity contribution in [2.24, 2.45) is 5.92 Å². The standard InChI is InChI=1S/C17H21N3O2/c21-17(9-13-3-4-14-10-18-19-16(14)8-13)20-5-6-22-11-15(20)7-12-1-2-12/h3-4,8,10,12,15H,1-2,5-7,9,11H2,(H,18,19). The summed E-state index contributed by atoms with van der Waals surface area (Å²) in [7, 11) is 0. The van der Waals surface area contributed by atoms with Crippen molar-refractivity contribution in [2.45, 2.75) is 31.7 Å². The molecule has 2 aliphatic rings. The molecule has 2 aromatic rings. The number of fused-ring (bicyclic) bond motifs is 1. The number of nitrogens with zero attached hydrogens (tertiary/aromatic N) is 2. The van der Waals surface area contributed by atoms with Crippen molar-refractivity contribution >= 4 is 16.8 Å². The van der Waals surface area contributed by atoms with E-state index < -0.39 is 0 Å². The van der Waals surface area contributed by atoms with Gasteiger partial charge in [-0.05, 0) is 24.0 Å². The lowest BCUT2D eigenvalue weighted by Gasteiger charge is -2.36. The highest BCUT2D eigenvalue weighted by Gasteiger charge is 2.32. The smallest absolute Gasteiger partial charge is 0.227 e. The Morgan fingerprint density at radius 2 is 2.32 bits per heavy atom. The van der Waals surface area contributed by atoms with Crippen LogP contribution in [0.1, 0.15) is 24.8 Å². The van der Waals surface area contributed by atoms with Crippen molar-refractivity contribution in [3.05, 3.63) is 30.0 Å². The number of hydrogen-bond donors (Lipinski definition) is 1. The summed E-state index contributed by atoms with van der Waals surface area (Å²) in [6.07, 6.45) is 5.99. The molecule has 5 heteroatoms. The number of aromatic nitrogens is 2. The number of carbonyl (C=O) groups excluding carboxylic acids is 1. The summed E-state index contributed by atoms with van der Waals surface area (Å²) in [6, 6.07) is 6.33. The zero-order chi connectivity index (χ0) is 14.9. The number of rotatable bonds is 4. The SMILES string of the molecule is O=C(Cc1ccc2cn[nH]c2c1)N1CCOCC1CC1CC1. The first kappa shape index (κ1) is 13.8. The van der Waals surface area contributed by atoms with Gasteiger partial charge in [-0.2, -0.15) is 5.10 Å². The molecule has 0 bridgehead atoms. The summed E-state index contributed by atoms with van der Waals surface area (Å²) in [5.41, 5.74) is 2.03. The van der Waals surface area contributed by atoms with Crippen molar-refractivity contribution in [2.75, 3.05) is 19.8 Å². The zero-order valence-electron chi connectivity index (χ0n) is 12.6. The maximum Gasteiger partial charge on any atom is 0.227 e. The van der Waals surface area contributed by atoms with E-state index in [4.69, 9.17) is 4.74 Å². The molecule has 2 heterocycles. The monoisotopic (exact) mass is 299 g/mol. The van der Waals surface area contributed by atoms with E-state index in [-0.39, 0.29) is 11.9 Å². The summed E-state index contributed by atoms with van der Waals surface area (Å²) in [5, 5.41) is 8.07. The molecule has 2 fully saturated rings. The van der Waals surface area contributed by atoms with Crippen LogP contribution in [-0.2, 0) is 16.0 Å². The third-order valence-electron chi connectivity index (χ3n) is 4.71. The van der Waals surface area contributed by atoms with Crippen molar-refractivity contribution in [1.29, 1.82) is 0 Å². The molecule has 1 aliphatic heterocycles. The number of hydrogen-bond acceptors (Lipinski definition) is 3. The molecule has 116 valence electrons. The van der Waals surface area contributed by atoms with Gasteiger partial charge < -0.3 is 9.64 Å². The largest absolute Gasteiger partial charge is 0.377 e. The minimum Gasteiger partial charge on any atom is -0.377 e. The molecule has 1 atom stereocenters. The van der Waals surface area contributed by atoms with Crippen LogP contribution in [0.3, 0.4) is 0 Å². The molecule has 1 saturated carbocycles. The van der Waals surface area contributed by atoms with E-state index in [0.717, 1.165) is 35.3 Å². The lowest BCUT2D eigenvalue weighted by Crippen LogP contribution is -2.49. The minimum absolute atomic E-state index is 0.216. The Morgan fingerprint density at radius 1 is 1.41 bits per heavy atom. The Labute approximate surface area is 129 Å². The molecule has 1 unspecified atom stereocenters. The highest BCUT2D eigenvalue weighted by atomic mass is 16.5. The van der Waals surface area contributed by atoms with Gasteiger partial charge >= 0.3 is 0 Å². The fourth-order valence-corrected chi connectivity index (χ4v) is 3.29. The molecule has 1 aliphatic carbocycles. The Kier molecular flexibility index (Phi) is 3.58. The molecule has 1 aromatic heterocycles. The predicted octanol–water partition coefficient (Wildman–Crippen LogP) is 2.13. The average molecular weight is 299 g/mol. The first-order valence-electron chi connectivity index (χ1n) is 8.09. The Bertz CT molecular complexity index is 677. The normalized spacial score (nSPS) is 22.2. The summed E-state index contributed by atoms with van der Waals surface area (Å²) in [6.45, 7) is 2.08. The lowest BCUT2D eigenvalue weighted by atomic mass is 10.1. The van der Waals surface area contributed by atoms with Gasteiger partial charge in [0.05, 0.1) is 37.4 Å². The van der Waals surface area contributed by atoms with E-state index in [1.165, 1.54) is 12.8 Å². The van der Waals surface area contributed by atoms with Gasteiger partial charge in [-0.3, -0.25) is 9.89 Å². The second-order valence-corrected chi connectivity index (χ2v) is 6.46. The van der Waals surface area contributed by atoms with Gasteiger partial charge in [-0.25, -0.2) is 0 Å². The molecular formula is C17H21N3O2. The molecule has 1 amide bonds. The van der Waals surface area contributed by atoms with Crippen molar-refractivity contribution in [3.8, 4) is 0 Å². The summed E-state index contributed by atoms with van der Waals surface area (Å²) >= 11 is 0.